The highest BCUT2D eigenvalue weighted by Crippen LogP contribution is 2.28. The molecule has 0 amide bonds. The molecule has 0 saturated heterocycles. The second kappa shape index (κ2) is 5.99. The minimum absolute atomic E-state index is 0.0170. The van der Waals surface area contributed by atoms with Gasteiger partial charge >= 0.3 is 0 Å². The molecule has 0 aliphatic rings. The Bertz CT molecular complexity index is 654. The van der Waals surface area contributed by atoms with Crippen LogP contribution in [0.4, 0.5) is 0 Å². The Morgan fingerprint density at radius 1 is 1.19 bits per heavy atom. The Hall–Kier alpha value is -1.03. The molecule has 0 aliphatic carbocycles. The average Bonchev–Trinajstić information content (AvgIpc) is 2.64. The van der Waals surface area contributed by atoms with Crippen LogP contribution in [0.2, 0.25) is 10.0 Å². The van der Waals surface area contributed by atoms with E-state index in [2.05, 4.69) is 31.2 Å². The lowest BCUT2D eigenvalue weighted by Gasteiger charge is -2.22. The SMILES string of the molecule is Cc1nn(-c2cccc(Cl)c2CNC(C)(C)C)c(C)c1Cl. The molecule has 1 heterocycles. The van der Waals surface area contributed by atoms with E-state index >= 15 is 0 Å². The molecule has 0 fully saturated rings. The van der Waals surface area contributed by atoms with Crippen molar-refractivity contribution in [1.29, 1.82) is 0 Å². The lowest BCUT2D eigenvalue weighted by molar-refractivity contribution is 0.424. The monoisotopic (exact) mass is 325 g/mol. The quantitative estimate of drug-likeness (QED) is 0.887. The van der Waals surface area contributed by atoms with Crippen LogP contribution in [0.25, 0.3) is 5.69 Å². The van der Waals surface area contributed by atoms with Crippen molar-refractivity contribution in [1.82, 2.24) is 15.1 Å². The van der Waals surface area contributed by atoms with Gasteiger partial charge in [-0.25, -0.2) is 4.68 Å². The second-order valence-corrected chi connectivity index (χ2v) is 7.02. The van der Waals surface area contributed by atoms with Gasteiger partial charge in [-0.15, -0.1) is 0 Å². The van der Waals surface area contributed by atoms with Gasteiger partial charge in [0, 0.05) is 22.7 Å². The summed E-state index contributed by atoms with van der Waals surface area (Å²) < 4.78 is 1.86. The number of nitrogens with zero attached hydrogens (tertiary/aromatic N) is 2. The fourth-order valence-corrected chi connectivity index (χ4v) is 2.49. The highest BCUT2D eigenvalue weighted by atomic mass is 35.5. The lowest BCUT2D eigenvalue weighted by atomic mass is 10.1. The van der Waals surface area contributed by atoms with Gasteiger partial charge in [0.25, 0.3) is 0 Å². The second-order valence-electron chi connectivity index (χ2n) is 6.24. The summed E-state index contributed by atoms with van der Waals surface area (Å²) >= 11 is 12.7. The molecule has 0 aliphatic heterocycles. The third kappa shape index (κ3) is 3.60. The molecule has 114 valence electrons. The van der Waals surface area contributed by atoms with Crippen LogP contribution in [0.5, 0.6) is 0 Å². The maximum Gasteiger partial charge on any atom is 0.0848 e. The van der Waals surface area contributed by atoms with Crippen LogP contribution in [-0.4, -0.2) is 15.3 Å². The summed E-state index contributed by atoms with van der Waals surface area (Å²) in [5.41, 5.74) is 3.75. The lowest BCUT2D eigenvalue weighted by Crippen LogP contribution is -2.35. The molecule has 5 heteroatoms. The zero-order valence-electron chi connectivity index (χ0n) is 13.1. The van der Waals surface area contributed by atoms with Gasteiger partial charge in [0.2, 0.25) is 0 Å². The molecule has 0 radical (unpaired) electrons. The zero-order chi connectivity index (χ0) is 15.8. The Kier molecular flexibility index (Phi) is 4.66. The molecule has 21 heavy (non-hydrogen) atoms. The van der Waals surface area contributed by atoms with Crippen molar-refractivity contribution >= 4 is 23.2 Å². The smallest absolute Gasteiger partial charge is 0.0848 e. The summed E-state index contributed by atoms with van der Waals surface area (Å²) in [6, 6.07) is 5.85. The number of aryl methyl sites for hydroxylation is 1. The first-order chi connectivity index (χ1) is 9.70. The first-order valence-electron chi connectivity index (χ1n) is 6.95. The minimum atomic E-state index is 0.0170. The third-order valence-electron chi connectivity index (χ3n) is 3.32. The van der Waals surface area contributed by atoms with Crippen molar-refractivity contribution < 1.29 is 0 Å². The summed E-state index contributed by atoms with van der Waals surface area (Å²) in [5, 5.41) is 9.42. The van der Waals surface area contributed by atoms with Crippen molar-refractivity contribution in [3.05, 3.63) is 45.2 Å². The topological polar surface area (TPSA) is 29.9 Å². The predicted octanol–water partition coefficient (Wildman–Crippen LogP) is 4.68. The van der Waals surface area contributed by atoms with Gasteiger partial charge in [-0.1, -0.05) is 29.3 Å². The number of hydrogen-bond acceptors (Lipinski definition) is 2. The normalized spacial score (nSPS) is 12.0. The Morgan fingerprint density at radius 3 is 2.38 bits per heavy atom. The van der Waals surface area contributed by atoms with Gasteiger partial charge < -0.3 is 5.32 Å². The number of benzene rings is 1. The predicted molar refractivity (Wildman–Crippen MR) is 89.7 cm³/mol. The van der Waals surface area contributed by atoms with E-state index in [1.165, 1.54) is 0 Å². The van der Waals surface area contributed by atoms with Crippen molar-refractivity contribution in [3.8, 4) is 5.69 Å². The first-order valence-corrected chi connectivity index (χ1v) is 7.71. The van der Waals surface area contributed by atoms with E-state index in [1.807, 2.05) is 36.7 Å². The van der Waals surface area contributed by atoms with E-state index < -0.39 is 0 Å². The van der Waals surface area contributed by atoms with Crippen LogP contribution in [0.1, 0.15) is 37.7 Å². The molecule has 1 aromatic carbocycles. The number of halogens is 2. The molecule has 0 spiro atoms. The molecule has 2 aromatic rings. The molecular formula is C16H21Cl2N3. The van der Waals surface area contributed by atoms with Crippen LogP contribution in [-0.2, 0) is 6.54 Å². The standard InChI is InChI=1S/C16H21Cl2N3/c1-10-15(18)11(2)21(20-10)14-8-6-7-13(17)12(14)9-19-16(3,4)5/h6-8,19H,9H2,1-5H3. The fourth-order valence-electron chi connectivity index (χ4n) is 2.13. The highest BCUT2D eigenvalue weighted by molar-refractivity contribution is 6.32. The molecule has 0 atom stereocenters. The van der Waals surface area contributed by atoms with Crippen LogP contribution in [0.15, 0.2) is 18.2 Å². The maximum absolute atomic E-state index is 6.39. The number of hydrogen-bond donors (Lipinski definition) is 1. The molecule has 2 rings (SSSR count). The molecule has 0 unspecified atom stereocenters. The largest absolute Gasteiger partial charge is 0.308 e. The van der Waals surface area contributed by atoms with Crippen LogP contribution in [0.3, 0.4) is 0 Å². The van der Waals surface area contributed by atoms with Crippen LogP contribution >= 0.6 is 23.2 Å². The summed E-state index contributed by atoms with van der Waals surface area (Å²) in [4.78, 5) is 0. The minimum Gasteiger partial charge on any atom is -0.308 e. The molecule has 1 N–H and O–H groups in total. The Balaban J connectivity index is 2.49. The van der Waals surface area contributed by atoms with E-state index in [1.54, 1.807) is 0 Å². The number of rotatable bonds is 3. The third-order valence-corrected chi connectivity index (χ3v) is 4.22. The van der Waals surface area contributed by atoms with Crippen molar-refractivity contribution in [3.63, 3.8) is 0 Å². The summed E-state index contributed by atoms with van der Waals surface area (Å²) in [5.74, 6) is 0. The van der Waals surface area contributed by atoms with E-state index in [0.29, 0.717) is 11.6 Å². The van der Waals surface area contributed by atoms with Gasteiger partial charge in [-0.3, -0.25) is 0 Å². The van der Waals surface area contributed by atoms with Gasteiger partial charge in [0.05, 0.1) is 22.1 Å². The average molecular weight is 326 g/mol. The zero-order valence-corrected chi connectivity index (χ0v) is 14.6. The fraction of sp³-hybridized carbons (Fsp3) is 0.438. The Labute approximate surface area is 136 Å². The van der Waals surface area contributed by atoms with Crippen LogP contribution < -0.4 is 5.32 Å². The summed E-state index contributed by atoms with van der Waals surface area (Å²) in [6.45, 7) is 10.9. The van der Waals surface area contributed by atoms with E-state index in [4.69, 9.17) is 23.2 Å². The highest BCUT2D eigenvalue weighted by Gasteiger charge is 2.17. The van der Waals surface area contributed by atoms with Crippen molar-refractivity contribution in [2.24, 2.45) is 0 Å². The molecule has 0 saturated carbocycles. The Morgan fingerprint density at radius 2 is 1.86 bits per heavy atom. The van der Waals surface area contributed by atoms with Gasteiger partial charge in [-0.05, 0) is 46.8 Å². The number of nitrogens with one attached hydrogen (secondary N) is 1. The van der Waals surface area contributed by atoms with E-state index in [0.717, 1.165) is 27.7 Å². The summed E-state index contributed by atoms with van der Waals surface area (Å²) in [7, 11) is 0. The van der Waals surface area contributed by atoms with Gasteiger partial charge in [0.15, 0.2) is 0 Å². The number of aromatic nitrogens is 2. The van der Waals surface area contributed by atoms with Crippen molar-refractivity contribution in [2.45, 2.75) is 46.7 Å². The maximum atomic E-state index is 6.39. The molecule has 0 bridgehead atoms. The van der Waals surface area contributed by atoms with Gasteiger partial charge in [0.1, 0.15) is 0 Å². The van der Waals surface area contributed by atoms with E-state index in [-0.39, 0.29) is 5.54 Å². The van der Waals surface area contributed by atoms with E-state index in [9.17, 15) is 0 Å². The molecule has 1 aromatic heterocycles. The molecule has 3 nitrogen and oxygen atoms in total. The molecular weight excluding hydrogens is 305 g/mol. The van der Waals surface area contributed by atoms with Gasteiger partial charge in [-0.2, -0.15) is 5.10 Å². The van der Waals surface area contributed by atoms with Crippen molar-refractivity contribution in [2.75, 3.05) is 0 Å². The first kappa shape index (κ1) is 16.3. The van der Waals surface area contributed by atoms with Crippen LogP contribution in [0, 0.1) is 13.8 Å². The summed E-state index contributed by atoms with van der Waals surface area (Å²) in [6.07, 6.45) is 0.